The minimum Gasteiger partial charge on any atom is -0.367 e. The molecule has 0 unspecified atom stereocenters. The molecule has 2 N–H and O–H groups in total. The highest BCUT2D eigenvalue weighted by atomic mass is 16.5. The zero-order valence-electron chi connectivity index (χ0n) is 11.9. The van der Waals surface area contributed by atoms with Gasteiger partial charge in [-0.1, -0.05) is 25.9 Å². The number of hydrogen-bond donors (Lipinski definition) is 1. The van der Waals surface area contributed by atoms with E-state index >= 15 is 0 Å². The molecule has 0 spiro atoms. The molecule has 0 bridgehead atoms. The van der Waals surface area contributed by atoms with Crippen LogP contribution in [0.5, 0.6) is 0 Å². The van der Waals surface area contributed by atoms with Crippen LogP contribution in [0.25, 0.3) is 11.3 Å². The van der Waals surface area contributed by atoms with E-state index in [-0.39, 0.29) is 0 Å². The van der Waals surface area contributed by atoms with Crippen LogP contribution < -0.4 is 5.73 Å². The van der Waals surface area contributed by atoms with E-state index in [0.29, 0.717) is 11.8 Å². The quantitative estimate of drug-likeness (QED) is 0.914. The molecule has 0 aliphatic heterocycles. The molecule has 19 heavy (non-hydrogen) atoms. The van der Waals surface area contributed by atoms with E-state index < -0.39 is 0 Å². The maximum atomic E-state index is 5.89. The number of nitrogens with two attached hydrogens (primary N) is 1. The van der Waals surface area contributed by atoms with Gasteiger partial charge in [0.05, 0.1) is 11.4 Å². The van der Waals surface area contributed by atoms with E-state index in [1.165, 1.54) is 0 Å². The Kier molecular flexibility index (Phi) is 3.83. The van der Waals surface area contributed by atoms with Gasteiger partial charge < -0.3 is 10.3 Å². The van der Waals surface area contributed by atoms with Crippen LogP contribution in [0.2, 0.25) is 0 Å². The molecule has 5 heteroatoms. The molecule has 2 aromatic rings. The van der Waals surface area contributed by atoms with Gasteiger partial charge >= 0.3 is 0 Å². The van der Waals surface area contributed by atoms with E-state index in [0.717, 1.165) is 41.1 Å². The highest BCUT2D eigenvalue weighted by Crippen LogP contribution is 2.31. The molecule has 0 aromatic carbocycles. The first-order chi connectivity index (χ1) is 9.02. The number of aromatic nitrogens is 3. The van der Waals surface area contributed by atoms with Crippen LogP contribution in [0.4, 0.5) is 5.88 Å². The molecule has 2 rings (SSSR count). The van der Waals surface area contributed by atoms with Crippen molar-refractivity contribution in [3.63, 3.8) is 0 Å². The van der Waals surface area contributed by atoms with Crippen LogP contribution in [0.1, 0.15) is 37.7 Å². The van der Waals surface area contributed by atoms with Gasteiger partial charge in [0.1, 0.15) is 5.69 Å². The summed E-state index contributed by atoms with van der Waals surface area (Å²) >= 11 is 0. The van der Waals surface area contributed by atoms with Gasteiger partial charge in [-0.3, -0.25) is 0 Å². The third kappa shape index (κ3) is 2.75. The Morgan fingerprint density at radius 1 is 1.32 bits per heavy atom. The molecule has 2 heterocycles. The average Bonchev–Trinajstić information content (AvgIpc) is 2.70. The molecule has 0 saturated carbocycles. The lowest BCUT2D eigenvalue weighted by molar-refractivity contribution is 0.438. The molecule has 0 amide bonds. The summed E-state index contributed by atoms with van der Waals surface area (Å²) < 4.78 is 5.17. The van der Waals surface area contributed by atoms with Crippen LogP contribution in [-0.4, -0.2) is 15.4 Å². The van der Waals surface area contributed by atoms with Crippen molar-refractivity contribution in [1.82, 2.24) is 15.4 Å². The highest BCUT2D eigenvalue weighted by molar-refractivity contribution is 5.69. The molecule has 2 aromatic heterocycles. The molecule has 0 radical (unpaired) electrons. The van der Waals surface area contributed by atoms with Gasteiger partial charge in [-0.2, -0.15) is 10.2 Å². The van der Waals surface area contributed by atoms with E-state index in [9.17, 15) is 0 Å². The second-order valence-electron chi connectivity index (χ2n) is 5.17. The highest BCUT2D eigenvalue weighted by Gasteiger charge is 2.19. The maximum absolute atomic E-state index is 5.89. The zero-order chi connectivity index (χ0) is 14.0. The zero-order valence-corrected chi connectivity index (χ0v) is 11.9. The van der Waals surface area contributed by atoms with Crippen molar-refractivity contribution in [3.05, 3.63) is 23.0 Å². The van der Waals surface area contributed by atoms with Crippen molar-refractivity contribution in [2.75, 3.05) is 5.73 Å². The SMILES string of the molecule is CCc1nnc(C)cc1-c1noc(N)c1CC(C)C. The normalized spacial score (nSPS) is 11.2. The summed E-state index contributed by atoms with van der Waals surface area (Å²) in [5, 5.41) is 12.4. The Morgan fingerprint density at radius 2 is 2.05 bits per heavy atom. The second-order valence-corrected chi connectivity index (χ2v) is 5.17. The molecule has 0 saturated heterocycles. The van der Waals surface area contributed by atoms with Gasteiger partial charge in [0, 0.05) is 11.1 Å². The van der Waals surface area contributed by atoms with Crippen LogP contribution in [0, 0.1) is 12.8 Å². The van der Waals surface area contributed by atoms with Crippen molar-refractivity contribution >= 4 is 5.88 Å². The number of nitrogen functional groups attached to an aromatic ring is 1. The lowest BCUT2D eigenvalue weighted by atomic mass is 9.98. The standard InChI is InChI=1S/C14H20N4O/c1-5-12-10(7-9(4)16-17-12)13-11(6-8(2)3)14(15)19-18-13/h7-8H,5-6,15H2,1-4H3. The van der Waals surface area contributed by atoms with Crippen LogP contribution >= 0.6 is 0 Å². The fourth-order valence-electron chi connectivity index (χ4n) is 2.12. The number of rotatable bonds is 4. The van der Waals surface area contributed by atoms with Crippen molar-refractivity contribution < 1.29 is 4.52 Å². The maximum Gasteiger partial charge on any atom is 0.225 e. The molecule has 102 valence electrons. The summed E-state index contributed by atoms with van der Waals surface area (Å²) in [5.41, 5.74) is 10.4. The topological polar surface area (TPSA) is 77.8 Å². The molecule has 0 fully saturated rings. The lowest BCUT2D eigenvalue weighted by Crippen LogP contribution is -2.02. The summed E-state index contributed by atoms with van der Waals surface area (Å²) in [6.45, 7) is 8.26. The summed E-state index contributed by atoms with van der Waals surface area (Å²) in [6, 6.07) is 1.99. The minimum absolute atomic E-state index is 0.403. The average molecular weight is 260 g/mol. The van der Waals surface area contributed by atoms with Gasteiger partial charge in [0.2, 0.25) is 5.88 Å². The Balaban J connectivity index is 2.55. The summed E-state index contributed by atoms with van der Waals surface area (Å²) in [5.74, 6) is 0.890. The molecule has 0 aliphatic rings. The third-order valence-corrected chi connectivity index (χ3v) is 3.01. The summed E-state index contributed by atoms with van der Waals surface area (Å²) in [4.78, 5) is 0. The van der Waals surface area contributed by atoms with Crippen LogP contribution in [0.3, 0.4) is 0 Å². The number of aryl methyl sites for hydroxylation is 2. The van der Waals surface area contributed by atoms with Gasteiger partial charge in [-0.05, 0) is 31.7 Å². The monoisotopic (exact) mass is 260 g/mol. The predicted octanol–water partition coefficient (Wildman–Crippen LogP) is 2.78. The number of hydrogen-bond acceptors (Lipinski definition) is 5. The van der Waals surface area contributed by atoms with E-state index in [2.05, 4.69) is 36.1 Å². The summed E-state index contributed by atoms with van der Waals surface area (Å²) in [7, 11) is 0. The fourth-order valence-corrected chi connectivity index (χ4v) is 2.12. The van der Waals surface area contributed by atoms with Crippen molar-refractivity contribution in [2.24, 2.45) is 5.92 Å². The Labute approximate surface area is 113 Å². The fraction of sp³-hybridized carbons (Fsp3) is 0.500. The van der Waals surface area contributed by atoms with E-state index in [1.807, 2.05) is 13.0 Å². The number of anilines is 1. The smallest absolute Gasteiger partial charge is 0.225 e. The molecular weight excluding hydrogens is 240 g/mol. The predicted molar refractivity (Wildman–Crippen MR) is 74.6 cm³/mol. The number of nitrogens with zero attached hydrogens (tertiary/aromatic N) is 3. The summed E-state index contributed by atoms with van der Waals surface area (Å²) in [6.07, 6.45) is 1.64. The third-order valence-electron chi connectivity index (χ3n) is 3.01. The molecule has 5 nitrogen and oxygen atoms in total. The molecule has 0 aliphatic carbocycles. The van der Waals surface area contributed by atoms with Gasteiger partial charge in [-0.15, -0.1) is 0 Å². The molecular formula is C14H20N4O. The van der Waals surface area contributed by atoms with Crippen LogP contribution in [0.15, 0.2) is 10.6 Å². The van der Waals surface area contributed by atoms with Crippen molar-refractivity contribution in [2.45, 2.75) is 40.5 Å². The Bertz CT molecular complexity index is 575. The van der Waals surface area contributed by atoms with E-state index in [4.69, 9.17) is 10.3 Å². The first kappa shape index (κ1) is 13.5. The molecule has 0 atom stereocenters. The van der Waals surface area contributed by atoms with Gasteiger partial charge in [0.15, 0.2) is 0 Å². The first-order valence-electron chi connectivity index (χ1n) is 6.60. The Hall–Kier alpha value is -1.91. The van der Waals surface area contributed by atoms with Gasteiger partial charge in [-0.25, -0.2) is 0 Å². The largest absolute Gasteiger partial charge is 0.367 e. The minimum atomic E-state index is 0.403. The van der Waals surface area contributed by atoms with Crippen molar-refractivity contribution in [1.29, 1.82) is 0 Å². The van der Waals surface area contributed by atoms with Crippen molar-refractivity contribution in [3.8, 4) is 11.3 Å². The van der Waals surface area contributed by atoms with Gasteiger partial charge in [0.25, 0.3) is 0 Å². The Morgan fingerprint density at radius 3 is 2.68 bits per heavy atom. The van der Waals surface area contributed by atoms with E-state index in [1.54, 1.807) is 0 Å². The second kappa shape index (κ2) is 5.38. The first-order valence-corrected chi connectivity index (χ1v) is 6.60. The lowest BCUT2D eigenvalue weighted by Gasteiger charge is -2.08. The van der Waals surface area contributed by atoms with Crippen LogP contribution in [-0.2, 0) is 12.8 Å².